The SMILES string of the molecule is CCS(=O)(=O)Nc1ccc(Oc2ccc(F)cc2F)c(-c2cn(C)c(=O)c3cn(CC#N)nc23)c1. The Kier molecular flexibility index (Phi) is 6.27. The fourth-order valence-electron chi connectivity index (χ4n) is 3.45. The minimum atomic E-state index is -3.62. The molecule has 2 aromatic heterocycles. The first-order valence-corrected chi connectivity index (χ1v) is 12.0. The lowest BCUT2D eigenvalue weighted by Gasteiger charge is -2.15. The van der Waals surface area contributed by atoms with Crippen molar-refractivity contribution in [3.63, 3.8) is 0 Å². The van der Waals surface area contributed by atoms with Crippen LogP contribution in [-0.2, 0) is 23.6 Å². The van der Waals surface area contributed by atoms with E-state index in [0.29, 0.717) is 11.6 Å². The third-order valence-electron chi connectivity index (χ3n) is 5.16. The van der Waals surface area contributed by atoms with Crippen molar-refractivity contribution in [2.45, 2.75) is 13.5 Å². The van der Waals surface area contributed by atoms with Crippen LogP contribution in [0.5, 0.6) is 11.5 Å². The summed E-state index contributed by atoms with van der Waals surface area (Å²) in [6.45, 7) is 1.38. The van der Waals surface area contributed by atoms with Crippen LogP contribution in [0.15, 0.2) is 53.6 Å². The summed E-state index contributed by atoms with van der Waals surface area (Å²) >= 11 is 0. The van der Waals surface area contributed by atoms with Crippen LogP contribution in [0.4, 0.5) is 14.5 Å². The summed E-state index contributed by atoms with van der Waals surface area (Å²) in [6.07, 6.45) is 2.92. The molecule has 0 aliphatic heterocycles. The minimum absolute atomic E-state index is 0.0994. The van der Waals surface area contributed by atoms with Gasteiger partial charge in [-0.15, -0.1) is 0 Å². The fourth-order valence-corrected chi connectivity index (χ4v) is 4.08. The Hall–Kier alpha value is -4.24. The molecule has 2 aromatic carbocycles. The summed E-state index contributed by atoms with van der Waals surface area (Å²) < 4.78 is 62.8. The zero-order chi connectivity index (χ0) is 25.3. The van der Waals surface area contributed by atoms with Crippen molar-refractivity contribution in [3.8, 4) is 28.7 Å². The average Bonchev–Trinajstić information content (AvgIpc) is 3.23. The molecule has 4 aromatic rings. The Labute approximate surface area is 198 Å². The third-order valence-corrected chi connectivity index (χ3v) is 6.47. The van der Waals surface area contributed by atoms with Gasteiger partial charge in [-0.25, -0.2) is 17.2 Å². The Bertz CT molecular complexity index is 1660. The van der Waals surface area contributed by atoms with Gasteiger partial charge >= 0.3 is 0 Å². The standard InChI is InChI=1S/C23H19F2N5O4S/c1-3-35(32,33)28-15-5-7-20(34-21-6-4-14(24)10-19(21)25)16(11-15)17-12-29(2)23(31)18-13-30(9-8-26)27-22(17)18/h4-7,10-13,28H,3,9H2,1-2H3. The third kappa shape index (κ3) is 4.85. The molecule has 0 amide bonds. The van der Waals surface area contributed by atoms with Crippen LogP contribution in [0.1, 0.15) is 6.92 Å². The molecule has 0 aliphatic carbocycles. The maximum atomic E-state index is 14.3. The Morgan fingerprint density at radius 1 is 1.11 bits per heavy atom. The van der Waals surface area contributed by atoms with Gasteiger partial charge in [0.25, 0.3) is 5.56 Å². The molecule has 0 saturated heterocycles. The number of sulfonamides is 1. The molecule has 9 nitrogen and oxygen atoms in total. The van der Waals surface area contributed by atoms with E-state index in [1.807, 2.05) is 6.07 Å². The number of nitriles is 1. The van der Waals surface area contributed by atoms with Gasteiger partial charge < -0.3 is 9.30 Å². The Morgan fingerprint density at radius 2 is 1.86 bits per heavy atom. The van der Waals surface area contributed by atoms with E-state index in [1.165, 1.54) is 53.8 Å². The van der Waals surface area contributed by atoms with Crippen molar-refractivity contribution in [1.29, 1.82) is 5.26 Å². The number of hydrogen-bond acceptors (Lipinski definition) is 6. The highest BCUT2D eigenvalue weighted by Crippen LogP contribution is 2.38. The van der Waals surface area contributed by atoms with Crippen molar-refractivity contribution in [1.82, 2.24) is 14.3 Å². The predicted octanol–water partition coefficient (Wildman–Crippen LogP) is 3.76. The van der Waals surface area contributed by atoms with Crippen LogP contribution in [-0.4, -0.2) is 28.5 Å². The molecule has 4 rings (SSSR count). The first kappa shape index (κ1) is 23.9. The Morgan fingerprint density at radius 3 is 2.54 bits per heavy atom. The summed E-state index contributed by atoms with van der Waals surface area (Å²) in [4.78, 5) is 12.7. The van der Waals surface area contributed by atoms with Crippen LogP contribution < -0.4 is 15.0 Å². The summed E-state index contributed by atoms with van der Waals surface area (Å²) in [5.41, 5.74) is 0.736. The summed E-state index contributed by atoms with van der Waals surface area (Å²) in [5.74, 6) is -2.03. The number of fused-ring (bicyclic) bond motifs is 1. The topological polar surface area (TPSA) is 119 Å². The molecule has 0 atom stereocenters. The first-order chi connectivity index (χ1) is 16.6. The van der Waals surface area contributed by atoms with Gasteiger partial charge in [0.2, 0.25) is 10.0 Å². The number of aromatic nitrogens is 3. The van der Waals surface area contributed by atoms with Crippen molar-refractivity contribution in [3.05, 3.63) is 70.8 Å². The molecule has 0 spiro atoms. The molecular formula is C23H19F2N5O4S. The number of anilines is 1. The lowest BCUT2D eigenvalue weighted by molar-refractivity contribution is 0.439. The number of nitrogens with one attached hydrogen (secondary N) is 1. The second-order valence-electron chi connectivity index (χ2n) is 7.60. The van der Waals surface area contributed by atoms with Crippen molar-refractivity contribution in [2.75, 3.05) is 10.5 Å². The molecular weight excluding hydrogens is 480 g/mol. The number of nitrogens with zero attached hydrogens (tertiary/aromatic N) is 4. The summed E-state index contributed by atoms with van der Waals surface area (Å²) in [6, 6.07) is 9.11. The molecule has 0 radical (unpaired) electrons. The van der Waals surface area contributed by atoms with E-state index in [1.54, 1.807) is 0 Å². The molecule has 35 heavy (non-hydrogen) atoms. The van der Waals surface area contributed by atoms with Crippen LogP contribution in [0, 0.1) is 23.0 Å². The molecule has 0 aliphatic rings. The van der Waals surface area contributed by atoms with E-state index in [0.717, 1.165) is 12.1 Å². The van der Waals surface area contributed by atoms with Crippen molar-refractivity contribution < 1.29 is 21.9 Å². The quantitative estimate of drug-likeness (QED) is 0.414. The molecule has 0 fully saturated rings. The number of hydrogen-bond donors (Lipinski definition) is 1. The van der Waals surface area contributed by atoms with Gasteiger partial charge in [-0.05, 0) is 37.3 Å². The van der Waals surface area contributed by atoms with E-state index >= 15 is 0 Å². The van der Waals surface area contributed by atoms with E-state index in [4.69, 9.17) is 10.00 Å². The van der Waals surface area contributed by atoms with Gasteiger partial charge in [0.1, 0.15) is 23.6 Å². The Balaban J connectivity index is 1.96. The highest BCUT2D eigenvalue weighted by atomic mass is 32.2. The molecule has 0 unspecified atom stereocenters. The highest BCUT2D eigenvalue weighted by Gasteiger charge is 2.20. The maximum absolute atomic E-state index is 14.3. The maximum Gasteiger partial charge on any atom is 0.261 e. The van der Waals surface area contributed by atoms with Gasteiger partial charge in [0, 0.05) is 42.3 Å². The van der Waals surface area contributed by atoms with Crippen LogP contribution >= 0.6 is 0 Å². The van der Waals surface area contributed by atoms with E-state index in [2.05, 4.69) is 9.82 Å². The molecule has 12 heteroatoms. The lowest BCUT2D eigenvalue weighted by Crippen LogP contribution is -2.16. The summed E-state index contributed by atoms with van der Waals surface area (Å²) in [5, 5.41) is 13.6. The lowest BCUT2D eigenvalue weighted by atomic mass is 10.0. The highest BCUT2D eigenvalue weighted by molar-refractivity contribution is 7.92. The number of aryl methyl sites for hydroxylation is 1. The summed E-state index contributed by atoms with van der Waals surface area (Å²) in [7, 11) is -2.09. The smallest absolute Gasteiger partial charge is 0.261 e. The molecule has 0 saturated carbocycles. The van der Waals surface area contributed by atoms with E-state index < -0.39 is 21.7 Å². The van der Waals surface area contributed by atoms with Crippen molar-refractivity contribution in [2.24, 2.45) is 7.05 Å². The van der Waals surface area contributed by atoms with Gasteiger partial charge in [0.05, 0.1) is 17.2 Å². The molecule has 2 heterocycles. The second kappa shape index (κ2) is 9.19. The number of ether oxygens (including phenoxy) is 1. The first-order valence-electron chi connectivity index (χ1n) is 10.3. The zero-order valence-corrected chi connectivity index (χ0v) is 19.4. The van der Waals surface area contributed by atoms with Gasteiger partial charge in [-0.1, -0.05) is 0 Å². The number of halogens is 2. The largest absolute Gasteiger partial charge is 0.454 e. The molecule has 1 N–H and O–H groups in total. The van der Waals surface area contributed by atoms with Crippen LogP contribution in [0.3, 0.4) is 0 Å². The number of benzene rings is 2. The molecule has 180 valence electrons. The molecule has 0 bridgehead atoms. The average molecular weight is 499 g/mol. The van der Waals surface area contributed by atoms with Crippen LogP contribution in [0.25, 0.3) is 22.0 Å². The predicted molar refractivity (Wildman–Crippen MR) is 126 cm³/mol. The normalized spacial score (nSPS) is 11.4. The van der Waals surface area contributed by atoms with E-state index in [9.17, 15) is 22.0 Å². The zero-order valence-electron chi connectivity index (χ0n) is 18.6. The van der Waals surface area contributed by atoms with Gasteiger partial charge in [-0.2, -0.15) is 10.4 Å². The van der Waals surface area contributed by atoms with Crippen LogP contribution in [0.2, 0.25) is 0 Å². The van der Waals surface area contributed by atoms with Crippen molar-refractivity contribution >= 4 is 26.6 Å². The van der Waals surface area contributed by atoms with Gasteiger partial charge in [0.15, 0.2) is 11.6 Å². The minimum Gasteiger partial charge on any atom is -0.454 e. The monoisotopic (exact) mass is 499 g/mol. The second-order valence-corrected chi connectivity index (χ2v) is 9.61. The van der Waals surface area contributed by atoms with E-state index in [-0.39, 0.29) is 51.5 Å². The number of pyridine rings is 1. The fraction of sp³-hybridized carbons (Fsp3) is 0.174. The number of rotatable bonds is 7. The van der Waals surface area contributed by atoms with Gasteiger partial charge in [-0.3, -0.25) is 14.2 Å².